The second-order valence-corrected chi connectivity index (χ2v) is 4.84. The van der Waals surface area contributed by atoms with Crippen molar-refractivity contribution in [3.63, 3.8) is 0 Å². The van der Waals surface area contributed by atoms with Crippen LogP contribution in [-0.2, 0) is 9.53 Å². The molecule has 0 saturated heterocycles. The number of carbonyl (C=O) groups is 2. The average Bonchev–Trinajstić information content (AvgIpc) is 2.98. The maximum absolute atomic E-state index is 11.7. The Hall–Kier alpha value is -2.44. The summed E-state index contributed by atoms with van der Waals surface area (Å²) in [5, 5.41) is 5.49. The van der Waals surface area contributed by atoms with Gasteiger partial charge < -0.3 is 24.8 Å². The first kappa shape index (κ1) is 15.9. The highest BCUT2D eigenvalue weighted by Crippen LogP contribution is 2.34. The number of nitrogens with one attached hydrogen (secondary N) is 2. The lowest BCUT2D eigenvalue weighted by molar-refractivity contribution is -0.140. The number of hydrogen-bond donors (Lipinski definition) is 2. The van der Waals surface area contributed by atoms with Crippen LogP contribution in [0.25, 0.3) is 0 Å². The zero-order valence-electron chi connectivity index (χ0n) is 12.5. The van der Waals surface area contributed by atoms with Crippen LogP contribution in [0.4, 0.5) is 10.5 Å². The summed E-state index contributed by atoms with van der Waals surface area (Å²) < 4.78 is 15.0. The molecule has 0 bridgehead atoms. The number of urea groups is 1. The number of ether oxygens (including phenoxy) is 3. The molecule has 7 heteroatoms. The van der Waals surface area contributed by atoms with Crippen LogP contribution in [0.2, 0.25) is 0 Å². The predicted octanol–water partition coefficient (Wildman–Crippen LogP) is 2.27. The first-order valence-corrected chi connectivity index (χ1v) is 7.20. The molecule has 22 heavy (non-hydrogen) atoms. The highest BCUT2D eigenvalue weighted by atomic mass is 16.7. The van der Waals surface area contributed by atoms with Crippen molar-refractivity contribution >= 4 is 17.7 Å². The average molecular weight is 308 g/mol. The number of fused-ring (bicyclic) bond motifs is 1. The van der Waals surface area contributed by atoms with Gasteiger partial charge in [-0.3, -0.25) is 4.79 Å². The molecule has 1 aromatic carbocycles. The summed E-state index contributed by atoms with van der Waals surface area (Å²) in [7, 11) is 1.38. The van der Waals surface area contributed by atoms with Gasteiger partial charge in [-0.05, 0) is 25.0 Å². The fourth-order valence-electron chi connectivity index (χ4n) is 2.02. The van der Waals surface area contributed by atoms with Crippen molar-refractivity contribution in [2.45, 2.75) is 25.7 Å². The van der Waals surface area contributed by atoms with Gasteiger partial charge >= 0.3 is 12.0 Å². The Morgan fingerprint density at radius 3 is 2.82 bits per heavy atom. The number of unbranched alkanes of at least 4 members (excludes halogenated alkanes) is 2. The lowest BCUT2D eigenvalue weighted by atomic mass is 10.2. The molecule has 0 atom stereocenters. The molecular formula is C15H20N2O5. The number of methoxy groups -OCH3 is 1. The summed E-state index contributed by atoms with van der Waals surface area (Å²) in [6.07, 6.45) is 2.85. The van der Waals surface area contributed by atoms with Crippen molar-refractivity contribution in [3.05, 3.63) is 18.2 Å². The van der Waals surface area contributed by atoms with Crippen molar-refractivity contribution < 1.29 is 23.8 Å². The van der Waals surface area contributed by atoms with E-state index in [4.69, 9.17) is 9.47 Å². The van der Waals surface area contributed by atoms with Crippen molar-refractivity contribution in [1.29, 1.82) is 0 Å². The van der Waals surface area contributed by atoms with Crippen LogP contribution in [0.5, 0.6) is 11.5 Å². The van der Waals surface area contributed by atoms with Gasteiger partial charge in [-0.1, -0.05) is 6.42 Å². The van der Waals surface area contributed by atoms with E-state index in [2.05, 4.69) is 15.4 Å². The molecule has 0 aliphatic carbocycles. The second kappa shape index (κ2) is 8.11. The zero-order valence-corrected chi connectivity index (χ0v) is 12.5. The first-order chi connectivity index (χ1) is 10.7. The zero-order chi connectivity index (χ0) is 15.8. The van der Waals surface area contributed by atoms with E-state index in [1.807, 2.05) is 0 Å². The third kappa shape index (κ3) is 4.83. The Balaban J connectivity index is 1.61. The van der Waals surface area contributed by atoms with Crippen LogP contribution >= 0.6 is 0 Å². The number of amides is 2. The van der Waals surface area contributed by atoms with E-state index in [0.29, 0.717) is 30.2 Å². The van der Waals surface area contributed by atoms with Gasteiger partial charge in [0.2, 0.25) is 6.79 Å². The first-order valence-electron chi connectivity index (χ1n) is 7.20. The number of benzene rings is 1. The van der Waals surface area contributed by atoms with Gasteiger partial charge in [-0.25, -0.2) is 4.79 Å². The van der Waals surface area contributed by atoms with Crippen LogP contribution < -0.4 is 20.1 Å². The molecule has 7 nitrogen and oxygen atoms in total. The third-order valence-corrected chi connectivity index (χ3v) is 3.20. The van der Waals surface area contributed by atoms with Gasteiger partial charge in [0.25, 0.3) is 0 Å². The van der Waals surface area contributed by atoms with Crippen LogP contribution in [0.15, 0.2) is 18.2 Å². The maximum atomic E-state index is 11.7. The Labute approximate surface area is 128 Å². The van der Waals surface area contributed by atoms with E-state index in [1.165, 1.54) is 7.11 Å². The maximum Gasteiger partial charge on any atom is 0.319 e. The molecule has 120 valence electrons. The van der Waals surface area contributed by atoms with Gasteiger partial charge in [0.15, 0.2) is 11.5 Å². The van der Waals surface area contributed by atoms with Crippen molar-refractivity contribution in [3.8, 4) is 11.5 Å². The fraction of sp³-hybridized carbons (Fsp3) is 0.467. The Kier molecular flexibility index (Phi) is 5.88. The molecular weight excluding hydrogens is 288 g/mol. The molecule has 2 rings (SSSR count). The van der Waals surface area contributed by atoms with Crippen molar-refractivity contribution in [2.75, 3.05) is 25.8 Å². The van der Waals surface area contributed by atoms with Gasteiger partial charge in [-0.2, -0.15) is 0 Å². The van der Waals surface area contributed by atoms with Gasteiger partial charge in [0, 0.05) is 24.7 Å². The molecule has 1 aromatic rings. The van der Waals surface area contributed by atoms with Gasteiger partial charge in [0.05, 0.1) is 7.11 Å². The minimum Gasteiger partial charge on any atom is -0.469 e. The number of rotatable bonds is 7. The molecule has 0 fully saturated rings. The number of esters is 1. The third-order valence-electron chi connectivity index (χ3n) is 3.20. The largest absolute Gasteiger partial charge is 0.469 e. The van der Waals surface area contributed by atoms with Crippen LogP contribution in [-0.4, -0.2) is 32.4 Å². The number of hydrogen-bond acceptors (Lipinski definition) is 5. The van der Waals surface area contributed by atoms with Gasteiger partial charge in [0.1, 0.15) is 0 Å². The smallest absolute Gasteiger partial charge is 0.319 e. The summed E-state index contributed by atoms with van der Waals surface area (Å²) in [5.74, 6) is 1.10. The normalized spacial score (nSPS) is 11.9. The molecule has 1 heterocycles. The molecule has 1 aliphatic heterocycles. The number of anilines is 1. The summed E-state index contributed by atoms with van der Waals surface area (Å²) in [4.78, 5) is 22.6. The van der Waals surface area contributed by atoms with Gasteiger partial charge in [-0.15, -0.1) is 0 Å². The molecule has 0 spiro atoms. The highest BCUT2D eigenvalue weighted by molar-refractivity contribution is 5.89. The van der Waals surface area contributed by atoms with Crippen LogP contribution in [0.1, 0.15) is 25.7 Å². The molecule has 0 radical (unpaired) electrons. The summed E-state index contributed by atoms with van der Waals surface area (Å²) in [5.41, 5.74) is 0.646. The molecule has 2 amide bonds. The topological polar surface area (TPSA) is 85.9 Å². The van der Waals surface area contributed by atoms with Crippen molar-refractivity contribution in [2.24, 2.45) is 0 Å². The summed E-state index contributed by atoms with van der Waals surface area (Å²) in [6.45, 7) is 0.758. The Morgan fingerprint density at radius 1 is 1.18 bits per heavy atom. The predicted molar refractivity (Wildman–Crippen MR) is 80.1 cm³/mol. The Bertz CT molecular complexity index is 533. The summed E-state index contributed by atoms with van der Waals surface area (Å²) >= 11 is 0. The molecule has 2 N–H and O–H groups in total. The second-order valence-electron chi connectivity index (χ2n) is 4.84. The number of carbonyl (C=O) groups excluding carboxylic acids is 2. The Morgan fingerprint density at radius 2 is 2.00 bits per heavy atom. The van der Waals surface area contributed by atoms with Crippen LogP contribution in [0.3, 0.4) is 0 Å². The van der Waals surface area contributed by atoms with Crippen molar-refractivity contribution in [1.82, 2.24) is 5.32 Å². The lowest BCUT2D eigenvalue weighted by Gasteiger charge is -2.08. The molecule has 0 aromatic heterocycles. The van der Waals surface area contributed by atoms with E-state index in [9.17, 15) is 9.59 Å². The van der Waals surface area contributed by atoms with E-state index >= 15 is 0 Å². The monoisotopic (exact) mass is 308 g/mol. The van der Waals surface area contributed by atoms with E-state index in [0.717, 1.165) is 19.3 Å². The lowest BCUT2D eigenvalue weighted by Crippen LogP contribution is -2.29. The molecule has 0 saturated carbocycles. The summed E-state index contributed by atoms with van der Waals surface area (Å²) in [6, 6.07) is 4.96. The minimum atomic E-state index is -0.271. The fourth-order valence-corrected chi connectivity index (χ4v) is 2.02. The quantitative estimate of drug-likeness (QED) is 0.596. The minimum absolute atomic E-state index is 0.200. The van der Waals surface area contributed by atoms with E-state index < -0.39 is 0 Å². The standard InChI is InChI=1S/C15H20N2O5/c1-20-14(18)5-3-2-4-8-16-15(19)17-11-6-7-12-13(9-11)22-10-21-12/h6-7,9H,2-5,8,10H2,1H3,(H2,16,17,19). The van der Waals surface area contributed by atoms with E-state index in [1.54, 1.807) is 18.2 Å². The SMILES string of the molecule is COC(=O)CCCCCNC(=O)Nc1ccc2c(c1)OCO2. The van der Waals surface area contributed by atoms with Crippen LogP contribution in [0, 0.1) is 0 Å². The highest BCUT2D eigenvalue weighted by Gasteiger charge is 2.13. The molecule has 0 unspecified atom stereocenters. The molecule has 1 aliphatic rings. The van der Waals surface area contributed by atoms with E-state index in [-0.39, 0.29) is 18.8 Å².